The molecular weight excluding hydrogens is 409 g/mol. The lowest BCUT2D eigenvalue weighted by Gasteiger charge is -2.15. The lowest BCUT2D eigenvalue weighted by molar-refractivity contribution is -0.159. The number of nitrogens with one attached hydrogen (secondary N) is 1. The van der Waals surface area contributed by atoms with Gasteiger partial charge >= 0.3 is 18.0 Å². The van der Waals surface area contributed by atoms with Gasteiger partial charge in [0.25, 0.3) is 5.91 Å². The van der Waals surface area contributed by atoms with E-state index in [1.165, 1.54) is 30.5 Å². The number of carbonyl (C=O) groups is 2. The van der Waals surface area contributed by atoms with Crippen molar-refractivity contribution >= 4 is 18.1 Å². The maximum Gasteiger partial charge on any atom is 0.471 e. The molecule has 12 heteroatoms. The Morgan fingerprint density at radius 2 is 1.93 bits per heavy atom. The van der Waals surface area contributed by atoms with E-state index < -0.39 is 42.1 Å². The number of amides is 1. The predicted molar refractivity (Wildman–Crippen MR) is 97.9 cm³/mol. The fraction of sp³-hybridized carbons (Fsp3) is 0.389. The lowest BCUT2D eigenvalue weighted by Crippen LogP contribution is -2.36. The second-order valence-electron chi connectivity index (χ2n) is 6.32. The van der Waals surface area contributed by atoms with E-state index in [1.54, 1.807) is 13.8 Å². The van der Waals surface area contributed by atoms with Crippen LogP contribution in [-0.4, -0.2) is 56.6 Å². The molecule has 0 saturated carbocycles. The maximum absolute atomic E-state index is 12.5. The number of hydrogen-bond donors (Lipinski definition) is 3. The van der Waals surface area contributed by atoms with Gasteiger partial charge in [0.2, 0.25) is 5.82 Å². The number of aromatic nitrogens is 2. The van der Waals surface area contributed by atoms with Crippen molar-refractivity contribution in [1.82, 2.24) is 15.5 Å². The van der Waals surface area contributed by atoms with Gasteiger partial charge in [-0.15, -0.1) is 0 Å². The minimum absolute atomic E-state index is 0.196. The Hall–Kier alpha value is -3.28. The van der Waals surface area contributed by atoms with Gasteiger partial charge < -0.3 is 20.1 Å². The van der Waals surface area contributed by atoms with Crippen molar-refractivity contribution in [2.45, 2.75) is 44.6 Å². The average Bonchev–Trinajstić information content (AvgIpc) is 3.18. The number of carboxylic acids is 1. The smallest absolute Gasteiger partial charge is 0.471 e. The minimum atomic E-state index is -4.75. The molecular formula is C18H19F3N4O5. The molecule has 2 rings (SSSR count). The summed E-state index contributed by atoms with van der Waals surface area (Å²) in [4.78, 5) is 30.5. The number of aliphatic hydroxyl groups is 1. The van der Waals surface area contributed by atoms with Crippen LogP contribution in [0.1, 0.15) is 36.5 Å². The van der Waals surface area contributed by atoms with Gasteiger partial charge in [0.15, 0.2) is 6.04 Å². The highest BCUT2D eigenvalue weighted by atomic mass is 19.4. The molecule has 1 aromatic heterocycles. The van der Waals surface area contributed by atoms with Crippen LogP contribution in [0.3, 0.4) is 0 Å². The van der Waals surface area contributed by atoms with Crippen LogP contribution < -0.4 is 5.32 Å². The Bertz CT molecular complexity index is 911. The van der Waals surface area contributed by atoms with Gasteiger partial charge in [-0.2, -0.15) is 18.2 Å². The van der Waals surface area contributed by atoms with Crippen molar-refractivity contribution in [3.63, 3.8) is 0 Å². The van der Waals surface area contributed by atoms with E-state index in [-0.39, 0.29) is 23.4 Å². The number of aliphatic hydroxyl groups excluding tert-OH is 1. The number of benzene rings is 1. The number of carboxylic acid groups (broad SMARTS) is 1. The number of carbonyl (C=O) groups excluding carboxylic acids is 1. The Morgan fingerprint density at radius 1 is 1.30 bits per heavy atom. The van der Waals surface area contributed by atoms with E-state index >= 15 is 0 Å². The molecule has 3 N–H and O–H groups in total. The van der Waals surface area contributed by atoms with Crippen molar-refractivity contribution in [3.8, 4) is 11.4 Å². The summed E-state index contributed by atoms with van der Waals surface area (Å²) in [5, 5.41) is 24.6. The molecule has 0 aliphatic rings. The summed E-state index contributed by atoms with van der Waals surface area (Å²) in [5.74, 6) is -3.55. The summed E-state index contributed by atoms with van der Waals surface area (Å²) in [7, 11) is 0. The van der Waals surface area contributed by atoms with Crippen LogP contribution >= 0.6 is 0 Å². The highest BCUT2D eigenvalue weighted by Crippen LogP contribution is 2.29. The Labute approximate surface area is 168 Å². The molecule has 0 fully saturated rings. The quantitative estimate of drug-likeness (QED) is 0.548. The molecule has 1 aromatic carbocycles. The first-order valence-corrected chi connectivity index (χ1v) is 8.79. The van der Waals surface area contributed by atoms with Gasteiger partial charge in [0, 0.05) is 17.3 Å². The molecule has 1 amide bonds. The fourth-order valence-electron chi connectivity index (χ4n) is 2.33. The molecule has 9 nitrogen and oxygen atoms in total. The molecule has 3 unspecified atom stereocenters. The molecule has 3 atom stereocenters. The van der Waals surface area contributed by atoms with Gasteiger partial charge in [0.1, 0.15) is 0 Å². The summed E-state index contributed by atoms with van der Waals surface area (Å²) in [5.41, 5.74) is 0.417. The van der Waals surface area contributed by atoms with Crippen LogP contribution in [0.15, 0.2) is 33.8 Å². The summed E-state index contributed by atoms with van der Waals surface area (Å²) < 4.78 is 41.7. The second kappa shape index (κ2) is 9.48. The van der Waals surface area contributed by atoms with Crippen molar-refractivity contribution in [1.29, 1.82) is 0 Å². The monoisotopic (exact) mass is 428 g/mol. The Morgan fingerprint density at radius 3 is 2.43 bits per heavy atom. The number of halogens is 3. The molecule has 1 heterocycles. The number of rotatable bonds is 8. The second-order valence-corrected chi connectivity index (χ2v) is 6.32. The van der Waals surface area contributed by atoms with Crippen LogP contribution in [-0.2, 0) is 11.0 Å². The number of aliphatic imine (C=N–C) groups is 1. The van der Waals surface area contributed by atoms with Crippen molar-refractivity contribution in [3.05, 3.63) is 35.7 Å². The standard InChI is InChI=1S/C18H19F3N4O5/c1-3-12(26)13(16(28)29)22-8-9(2)23-15(27)11-6-4-10(5-7-11)14-24-17(30-25-14)18(19,20)21/h4-9,12-13,26H,3H2,1-2H3,(H,23,27)(H,28,29). The Kier molecular flexibility index (Phi) is 7.27. The Balaban J connectivity index is 2.03. The number of hydrogen-bond acceptors (Lipinski definition) is 7. The first kappa shape index (κ1) is 23.0. The van der Waals surface area contributed by atoms with Crippen molar-refractivity contribution in [2.75, 3.05) is 0 Å². The highest BCUT2D eigenvalue weighted by molar-refractivity contribution is 5.96. The normalized spacial score (nSPS) is 15.0. The van der Waals surface area contributed by atoms with Crippen molar-refractivity contribution < 1.29 is 37.5 Å². The molecule has 0 aliphatic heterocycles. The van der Waals surface area contributed by atoms with E-state index in [9.17, 15) is 27.9 Å². The van der Waals surface area contributed by atoms with Gasteiger partial charge in [-0.3, -0.25) is 9.79 Å². The highest BCUT2D eigenvalue weighted by Gasteiger charge is 2.38. The fourth-order valence-corrected chi connectivity index (χ4v) is 2.33. The molecule has 2 aromatic rings. The van der Waals surface area contributed by atoms with Gasteiger partial charge in [-0.05, 0) is 25.5 Å². The van der Waals surface area contributed by atoms with E-state index in [0.29, 0.717) is 0 Å². The molecule has 162 valence electrons. The third-order valence-corrected chi connectivity index (χ3v) is 3.94. The van der Waals surface area contributed by atoms with Gasteiger partial charge in [-0.1, -0.05) is 24.2 Å². The number of nitrogens with zero attached hydrogens (tertiary/aromatic N) is 3. The van der Waals surface area contributed by atoms with Crippen molar-refractivity contribution in [2.24, 2.45) is 4.99 Å². The number of alkyl halides is 3. The predicted octanol–water partition coefficient (Wildman–Crippen LogP) is 2.17. The summed E-state index contributed by atoms with van der Waals surface area (Å²) in [6.45, 7) is 3.18. The van der Waals surface area contributed by atoms with Gasteiger partial charge in [-0.25, -0.2) is 4.79 Å². The lowest BCUT2D eigenvalue weighted by atomic mass is 10.1. The van der Waals surface area contributed by atoms with E-state index in [0.717, 1.165) is 0 Å². The van der Waals surface area contributed by atoms with Crippen LogP contribution in [0.5, 0.6) is 0 Å². The SMILES string of the molecule is CCC(O)C(N=CC(C)NC(=O)c1ccc(-c2noc(C(F)(F)F)n2)cc1)C(=O)O. The zero-order chi connectivity index (χ0) is 22.5. The van der Waals surface area contributed by atoms with E-state index in [1.807, 2.05) is 0 Å². The van der Waals surface area contributed by atoms with Crippen LogP contribution in [0.25, 0.3) is 11.4 Å². The summed E-state index contributed by atoms with van der Waals surface area (Å²) in [6.07, 6.45) is -4.50. The third kappa shape index (κ3) is 5.86. The maximum atomic E-state index is 12.5. The first-order valence-electron chi connectivity index (χ1n) is 8.79. The largest absolute Gasteiger partial charge is 0.480 e. The summed E-state index contributed by atoms with van der Waals surface area (Å²) in [6, 6.07) is 3.45. The summed E-state index contributed by atoms with van der Waals surface area (Å²) >= 11 is 0. The molecule has 0 bridgehead atoms. The molecule has 0 aliphatic carbocycles. The number of aliphatic carboxylic acids is 1. The van der Waals surface area contributed by atoms with E-state index in [2.05, 4.69) is 25.0 Å². The first-order chi connectivity index (χ1) is 14.0. The van der Waals surface area contributed by atoms with E-state index in [4.69, 9.17) is 5.11 Å². The molecule has 30 heavy (non-hydrogen) atoms. The molecule has 0 saturated heterocycles. The molecule has 0 spiro atoms. The zero-order valence-electron chi connectivity index (χ0n) is 15.9. The van der Waals surface area contributed by atoms with Crippen LogP contribution in [0.4, 0.5) is 13.2 Å². The average molecular weight is 428 g/mol. The van der Waals surface area contributed by atoms with Crippen LogP contribution in [0, 0.1) is 0 Å². The zero-order valence-corrected chi connectivity index (χ0v) is 15.9. The molecule has 0 radical (unpaired) electrons. The third-order valence-electron chi connectivity index (χ3n) is 3.94. The van der Waals surface area contributed by atoms with Crippen LogP contribution in [0.2, 0.25) is 0 Å². The van der Waals surface area contributed by atoms with Gasteiger partial charge in [0.05, 0.1) is 12.1 Å². The topological polar surface area (TPSA) is 138 Å². The minimum Gasteiger partial charge on any atom is -0.480 e.